The lowest BCUT2D eigenvalue weighted by molar-refractivity contribution is 0.0932. The molecule has 2 atom stereocenters. The number of aromatic amines is 1. The number of carbonyl (C=O) groups is 1. The Bertz CT molecular complexity index is 498. The highest BCUT2D eigenvalue weighted by molar-refractivity contribution is 5.92. The predicted molar refractivity (Wildman–Crippen MR) is 66.7 cm³/mol. The molecule has 98 valence electrons. The fourth-order valence-corrected chi connectivity index (χ4v) is 2.16. The van der Waals surface area contributed by atoms with E-state index in [1.54, 1.807) is 0 Å². The Morgan fingerprint density at radius 2 is 2.33 bits per heavy atom. The second-order valence-corrected chi connectivity index (χ2v) is 4.52. The van der Waals surface area contributed by atoms with Gasteiger partial charge in [0.2, 0.25) is 5.43 Å². The number of hydrogen-bond donors (Lipinski definition) is 3. The summed E-state index contributed by atoms with van der Waals surface area (Å²) in [4.78, 5) is 26.2. The molecule has 0 unspecified atom stereocenters. The van der Waals surface area contributed by atoms with Crippen LogP contribution in [0.3, 0.4) is 0 Å². The van der Waals surface area contributed by atoms with Crippen LogP contribution in [0.1, 0.15) is 29.8 Å². The van der Waals surface area contributed by atoms with Crippen molar-refractivity contribution in [3.05, 3.63) is 28.2 Å². The summed E-state index contributed by atoms with van der Waals surface area (Å²) in [6, 6.07) is 1.49. The van der Waals surface area contributed by atoms with Crippen molar-refractivity contribution >= 4 is 5.91 Å². The average Bonchev–Trinajstić information content (AvgIpc) is 2.74. The van der Waals surface area contributed by atoms with E-state index in [-0.39, 0.29) is 34.9 Å². The summed E-state index contributed by atoms with van der Waals surface area (Å²) in [5.74, 6) is -0.0942. The summed E-state index contributed by atoms with van der Waals surface area (Å²) < 4.78 is 4.84. The molecular weight excluding hydrogens is 234 g/mol. The molecule has 0 spiro atoms. The minimum Gasteiger partial charge on any atom is -0.491 e. The van der Waals surface area contributed by atoms with Gasteiger partial charge in [0.1, 0.15) is 5.69 Å². The zero-order chi connectivity index (χ0) is 13.1. The highest BCUT2D eigenvalue weighted by Gasteiger charge is 2.23. The number of carbonyl (C=O) groups excluding carboxylic acids is 1. The Hall–Kier alpha value is -1.82. The molecular formula is C12H17N3O3. The van der Waals surface area contributed by atoms with E-state index in [0.29, 0.717) is 0 Å². The van der Waals surface area contributed by atoms with Crippen LogP contribution in [0.5, 0.6) is 5.75 Å². The van der Waals surface area contributed by atoms with Crippen molar-refractivity contribution in [1.29, 1.82) is 0 Å². The van der Waals surface area contributed by atoms with Crippen molar-refractivity contribution < 1.29 is 9.53 Å². The van der Waals surface area contributed by atoms with Gasteiger partial charge >= 0.3 is 0 Å². The quantitative estimate of drug-likeness (QED) is 0.704. The molecule has 0 saturated heterocycles. The molecule has 18 heavy (non-hydrogen) atoms. The fraction of sp³-hybridized carbons (Fsp3) is 0.500. The van der Waals surface area contributed by atoms with Gasteiger partial charge in [0.15, 0.2) is 5.75 Å². The Balaban J connectivity index is 2.05. The molecule has 6 heteroatoms. The van der Waals surface area contributed by atoms with E-state index in [0.717, 1.165) is 19.3 Å². The van der Waals surface area contributed by atoms with Gasteiger partial charge in [-0.25, -0.2) is 0 Å². The third-order valence-electron chi connectivity index (χ3n) is 3.15. The van der Waals surface area contributed by atoms with Crippen molar-refractivity contribution in [3.63, 3.8) is 0 Å². The van der Waals surface area contributed by atoms with Crippen LogP contribution in [0, 0.1) is 0 Å². The molecule has 2 rings (SSSR count). The van der Waals surface area contributed by atoms with E-state index in [1.807, 2.05) is 0 Å². The lowest BCUT2D eigenvalue weighted by atomic mass is 10.2. The van der Waals surface area contributed by atoms with Gasteiger partial charge in [0, 0.05) is 24.3 Å². The number of ether oxygens (including phenoxy) is 1. The molecule has 1 heterocycles. The first kappa shape index (κ1) is 12.6. The third kappa shape index (κ3) is 2.70. The first-order chi connectivity index (χ1) is 8.60. The van der Waals surface area contributed by atoms with Crippen LogP contribution in [0.4, 0.5) is 0 Å². The molecule has 1 aliphatic rings. The number of H-pyrrole nitrogens is 1. The number of nitrogens with two attached hydrogens (primary N) is 1. The molecule has 1 fully saturated rings. The summed E-state index contributed by atoms with van der Waals surface area (Å²) in [7, 11) is 1.41. The smallest absolute Gasteiger partial charge is 0.268 e. The normalized spacial score (nSPS) is 22.8. The summed E-state index contributed by atoms with van der Waals surface area (Å²) in [6.07, 6.45) is 3.97. The molecule has 1 saturated carbocycles. The largest absolute Gasteiger partial charge is 0.491 e. The van der Waals surface area contributed by atoms with Crippen molar-refractivity contribution in [2.24, 2.45) is 5.73 Å². The van der Waals surface area contributed by atoms with Gasteiger partial charge in [-0.05, 0) is 19.3 Å². The number of amides is 1. The minimum atomic E-state index is -0.315. The molecule has 0 aromatic carbocycles. The molecule has 1 aliphatic carbocycles. The average molecular weight is 251 g/mol. The molecule has 0 radical (unpaired) electrons. The van der Waals surface area contributed by atoms with Gasteiger partial charge in [0.25, 0.3) is 5.91 Å². The highest BCUT2D eigenvalue weighted by atomic mass is 16.5. The van der Waals surface area contributed by atoms with Crippen LogP contribution in [0.2, 0.25) is 0 Å². The van der Waals surface area contributed by atoms with Crippen LogP contribution in [-0.2, 0) is 0 Å². The SMILES string of the molecule is COc1c[nH]c(C(=O)N[C@@H]2CC[C@@H](N)C2)cc1=O. The topological polar surface area (TPSA) is 97.2 Å². The number of aromatic nitrogens is 1. The summed E-state index contributed by atoms with van der Waals surface area (Å²) in [5, 5.41) is 2.86. The maximum atomic E-state index is 11.9. The van der Waals surface area contributed by atoms with Crippen LogP contribution in [-0.4, -0.2) is 30.1 Å². The van der Waals surface area contributed by atoms with Gasteiger partial charge < -0.3 is 20.8 Å². The summed E-state index contributed by atoms with van der Waals surface area (Å²) >= 11 is 0. The lowest BCUT2D eigenvalue weighted by Gasteiger charge is -2.12. The zero-order valence-electron chi connectivity index (χ0n) is 10.2. The van der Waals surface area contributed by atoms with Gasteiger partial charge in [-0.15, -0.1) is 0 Å². The zero-order valence-corrected chi connectivity index (χ0v) is 10.2. The van der Waals surface area contributed by atoms with E-state index in [4.69, 9.17) is 10.5 Å². The van der Waals surface area contributed by atoms with E-state index in [2.05, 4.69) is 10.3 Å². The number of rotatable bonds is 3. The Kier molecular flexibility index (Phi) is 3.66. The lowest BCUT2D eigenvalue weighted by Crippen LogP contribution is -2.35. The van der Waals surface area contributed by atoms with Crippen molar-refractivity contribution in [2.75, 3.05) is 7.11 Å². The van der Waals surface area contributed by atoms with E-state index in [9.17, 15) is 9.59 Å². The molecule has 1 aromatic heterocycles. The second-order valence-electron chi connectivity index (χ2n) is 4.52. The first-order valence-corrected chi connectivity index (χ1v) is 5.93. The maximum Gasteiger partial charge on any atom is 0.268 e. The van der Waals surface area contributed by atoms with Gasteiger partial charge in [-0.2, -0.15) is 0 Å². The van der Waals surface area contributed by atoms with Crippen molar-refractivity contribution in [1.82, 2.24) is 10.3 Å². The van der Waals surface area contributed by atoms with Gasteiger partial charge in [-0.3, -0.25) is 9.59 Å². The van der Waals surface area contributed by atoms with E-state index >= 15 is 0 Å². The molecule has 0 bridgehead atoms. The van der Waals surface area contributed by atoms with Crippen molar-refractivity contribution in [2.45, 2.75) is 31.3 Å². The monoisotopic (exact) mass is 251 g/mol. The fourth-order valence-electron chi connectivity index (χ4n) is 2.16. The van der Waals surface area contributed by atoms with Gasteiger partial charge in [-0.1, -0.05) is 0 Å². The first-order valence-electron chi connectivity index (χ1n) is 5.93. The van der Waals surface area contributed by atoms with Gasteiger partial charge in [0.05, 0.1) is 7.11 Å². The molecule has 6 nitrogen and oxygen atoms in total. The van der Waals surface area contributed by atoms with Crippen LogP contribution < -0.4 is 21.2 Å². The maximum absolute atomic E-state index is 11.9. The summed E-state index contributed by atoms with van der Waals surface area (Å²) in [5.41, 5.74) is 5.70. The molecule has 0 aliphatic heterocycles. The van der Waals surface area contributed by atoms with Crippen LogP contribution in [0.25, 0.3) is 0 Å². The summed E-state index contributed by atoms with van der Waals surface area (Å²) in [6.45, 7) is 0. The van der Waals surface area contributed by atoms with Crippen LogP contribution >= 0.6 is 0 Å². The number of nitrogens with one attached hydrogen (secondary N) is 2. The van der Waals surface area contributed by atoms with E-state index < -0.39 is 0 Å². The third-order valence-corrected chi connectivity index (χ3v) is 3.15. The second kappa shape index (κ2) is 5.22. The van der Waals surface area contributed by atoms with Crippen molar-refractivity contribution in [3.8, 4) is 5.75 Å². The molecule has 1 amide bonds. The van der Waals surface area contributed by atoms with Crippen LogP contribution in [0.15, 0.2) is 17.1 Å². The minimum absolute atomic E-state index is 0.0955. The number of hydrogen-bond acceptors (Lipinski definition) is 4. The number of methoxy groups -OCH3 is 1. The Morgan fingerprint density at radius 1 is 1.56 bits per heavy atom. The van der Waals surface area contributed by atoms with E-state index in [1.165, 1.54) is 19.4 Å². The number of pyridine rings is 1. The standard InChI is InChI=1S/C12H17N3O3/c1-18-11-6-14-9(5-10(11)16)12(17)15-8-3-2-7(13)4-8/h5-8H,2-4,13H2,1H3,(H,14,16)(H,15,17)/t7-,8-/m1/s1. The Morgan fingerprint density at radius 3 is 2.89 bits per heavy atom. The molecule has 1 aromatic rings. The Labute approximate surface area is 105 Å². The predicted octanol–water partition coefficient (Wildman–Crippen LogP) is -0.00690. The highest BCUT2D eigenvalue weighted by Crippen LogP contribution is 2.17. The molecule has 4 N–H and O–H groups in total.